The first kappa shape index (κ1) is 25.2. The lowest BCUT2D eigenvalue weighted by atomic mass is 9.80. The average Bonchev–Trinajstić information content (AvgIpc) is 2.70. The molecule has 0 bridgehead atoms. The van der Waals surface area contributed by atoms with Crippen LogP contribution in [0, 0.1) is 11.8 Å². The second-order valence-corrected chi connectivity index (χ2v) is 7.77. The number of primary amides is 1. The van der Waals surface area contributed by atoms with E-state index >= 15 is 0 Å². The molecule has 0 heterocycles. The number of hydrogen-bond acceptors (Lipinski definition) is 3. The summed E-state index contributed by atoms with van der Waals surface area (Å²) < 4.78 is 0. The number of nitrogens with one attached hydrogen (secondary N) is 3. The molecule has 1 aromatic carbocycles. The Bertz CT molecular complexity index is 683. The van der Waals surface area contributed by atoms with Crippen molar-refractivity contribution in [2.24, 2.45) is 22.6 Å². The number of nitrogens with two attached hydrogens (primary N) is 1. The van der Waals surface area contributed by atoms with E-state index in [4.69, 9.17) is 5.73 Å². The highest BCUT2D eigenvalue weighted by Crippen LogP contribution is 2.29. The van der Waals surface area contributed by atoms with Gasteiger partial charge in [0, 0.05) is 25.2 Å². The largest absolute Gasteiger partial charge is 0.368 e. The lowest BCUT2D eigenvalue weighted by Crippen LogP contribution is -2.44. The van der Waals surface area contributed by atoms with Crippen molar-refractivity contribution in [1.82, 2.24) is 16.0 Å². The van der Waals surface area contributed by atoms with Crippen molar-refractivity contribution < 1.29 is 9.59 Å². The molecule has 1 fully saturated rings. The maximum absolute atomic E-state index is 11.9. The summed E-state index contributed by atoms with van der Waals surface area (Å²) >= 11 is 0. The number of nitrogens with zero attached hydrogens (tertiary/aromatic N) is 1. The fourth-order valence-electron chi connectivity index (χ4n) is 3.55. The van der Waals surface area contributed by atoms with E-state index in [2.05, 4.69) is 34.8 Å². The predicted molar refractivity (Wildman–Crippen MR) is 127 cm³/mol. The molecule has 1 aliphatic carbocycles. The van der Waals surface area contributed by atoms with Gasteiger partial charge in [0.25, 0.3) is 5.91 Å². The van der Waals surface area contributed by atoms with Gasteiger partial charge in [0.1, 0.15) is 0 Å². The van der Waals surface area contributed by atoms with Gasteiger partial charge in [-0.25, -0.2) is 0 Å². The van der Waals surface area contributed by atoms with E-state index in [1.165, 1.54) is 25.7 Å². The topological polar surface area (TPSA) is 109 Å². The van der Waals surface area contributed by atoms with Gasteiger partial charge in [-0.1, -0.05) is 26.0 Å². The van der Waals surface area contributed by atoms with Gasteiger partial charge in [-0.15, -0.1) is 24.0 Å². The SMILES string of the molecule is CN=C(NCc1ccc(C(=O)NCC(N)=O)cc1)NC1CCC(C(C)C)CC1.I. The van der Waals surface area contributed by atoms with E-state index in [-0.39, 0.29) is 36.4 Å². The van der Waals surface area contributed by atoms with Crippen molar-refractivity contribution in [2.75, 3.05) is 13.6 Å². The molecule has 0 unspecified atom stereocenters. The zero-order valence-electron chi connectivity index (χ0n) is 17.5. The van der Waals surface area contributed by atoms with Crippen molar-refractivity contribution in [3.8, 4) is 0 Å². The van der Waals surface area contributed by atoms with E-state index in [0.29, 0.717) is 18.2 Å². The number of carbonyl (C=O) groups excluding carboxylic acids is 2. The van der Waals surface area contributed by atoms with Crippen LogP contribution in [0.1, 0.15) is 55.5 Å². The van der Waals surface area contributed by atoms with Crippen LogP contribution in [0.25, 0.3) is 0 Å². The summed E-state index contributed by atoms with van der Waals surface area (Å²) in [6.45, 7) is 5.07. The van der Waals surface area contributed by atoms with Crippen LogP contribution in [-0.2, 0) is 11.3 Å². The van der Waals surface area contributed by atoms with Crippen LogP contribution >= 0.6 is 24.0 Å². The third kappa shape index (κ3) is 8.59. The Kier molecular flexibility index (Phi) is 11.0. The summed E-state index contributed by atoms with van der Waals surface area (Å²) in [6.07, 6.45) is 4.90. The molecule has 7 nitrogen and oxygen atoms in total. The Hall–Kier alpha value is -1.84. The molecule has 1 aromatic rings. The molecule has 0 aromatic heterocycles. The summed E-state index contributed by atoms with van der Waals surface area (Å²) in [5.41, 5.74) is 6.57. The number of benzene rings is 1. The third-order valence-electron chi connectivity index (χ3n) is 5.38. The molecule has 0 atom stereocenters. The van der Waals surface area contributed by atoms with Crippen LogP contribution in [0.15, 0.2) is 29.3 Å². The van der Waals surface area contributed by atoms with E-state index < -0.39 is 5.91 Å². The second kappa shape index (κ2) is 12.7. The van der Waals surface area contributed by atoms with Gasteiger partial charge in [-0.2, -0.15) is 0 Å². The number of rotatable bonds is 7. The van der Waals surface area contributed by atoms with Crippen molar-refractivity contribution >= 4 is 41.8 Å². The summed E-state index contributed by atoms with van der Waals surface area (Å²) in [6, 6.07) is 7.70. The van der Waals surface area contributed by atoms with Gasteiger partial charge < -0.3 is 21.7 Å². The highest BCUT2D eigenvalue weighted by Gasteiger charge is 2.23. The molecular weight excluding hydrogens is 481 g/mol. The quantitative estimate of drug-likeness (QED) is 0.254. The number of halogens is 1. The first-order chi connectivity index (χ1) is 13.4. The summed E-state index contributed by atoms with van der Waals surface area (Å²) in [5.74, 6) is 1.53. The standard InChI is InChI=1S/C21H33N5O2.HI/c1-14(2)16-8-10-18(11-9-16)26-21(23-3)25-12-15-4-6-17(7-5-15)20(28)24-13-19(22)27;/h4-7,14,16,18H,8-13H2,1-3H3,(H2,22,27)(H,24,28)(H2,23,25,26);1H. The van der Waals surface area contributed by atoms with Crippen LogP contribution in [-0.4, -0.2) is 37.4 Å². The minimum Gasteiger partial charge on any atom is -0.368 e. The minimum absolute atomic E-state index is 0. The first-order valence-corrected chi connectivity index (χ1v) is 10.0. The van der Waals surface area contributed by atoms with Crippen molar-refractivity contribution in [2.45, 2.75) is 52.1 Å². The number of aliphatic imine (C=N–C) groups is 1. The molecule has 0 saturated heterocycles. The summed E-state index contributed by atoms with van der Waals surface area (Å²) in [7, 11) is 1.78. The highest BCUT2D eigenvalue weighted by atomic mass is 127. The minimum atomic E-state index is -0.564. The molecular formula is C21H34IN5O2. The molecule has 29 heavy (non-hydrogen) atoms. The molecule has 0 aliphatic heterocycles. The Morgan fingerprint density at radius 1 is 1.10 bits per heavy atom. The number of hydrogen-bond donors (Lipinski definition) is 4. The predicted octanol–water partition coefficient (Wildman–Crippen LogP) is 2.40. The molecule has 1 aliphatic rings. The molecule has 8 heteroatoms. The van der Waals surface area contributed by atoms with Crippen LogP contribution in [0.4, 0.5) is 0 Å². The van der Waals surface area contributed by atoms with Gasteiger partial charge >= 0.3 is 0 Å². The normalized spacial score (nSPS) is 19.2. The van der Waals surface area contributed by atoms with Crippen LogP contribution in [0.3, 0.4) is 0 Å². The van der Waals surface area contributed by atoms with Crippen LogP contribution < -0.4 is 21.7 Å². The zero-order valence-corrected chi connectivity index (χ0v) is 19.9. The van der Waals surface area contributed by atoms with Crippen molar-refractivity contribution in [3.63, 3.8) is 0 Å². The Balaban J connectivity index is 0.00000420. The van der Waals surface area contributed by atoms with E-state index in [9.17, 15) is 9.59 Å². The average molecular weight is 515 g/mol. The van der Waals surface area contributed by atoms with E-state index in [0.717, 1.165) is 23.4 Å². The van der Waals surface area contributed by atoms with Gasteiger partial charge in [0.05, 0.1) is 6.54 Å². The van der Waals surface area contributed by atoms with Crippen molar-refractivity contribution in [1.29, 1.82) is 0 Å². The Morgan fingerprint density at radius 3 is 2.24 bits per heavy atom. The van der Waals surface area contributed by atoms with Crippen molar-refractivity contribution in [3.05, 3.63) is 35.4 Å². The lowest BCUT2D eigenvalue weighted by Gasteiger charge is -2.32. The molecule has 5 N–H and O–H groups in total. The summed E-state index contributed by atoms with van der Waals surface area (Å²) in [4.78, 5) is 27.0. The Labute approximate surface area is 190 Å². The van der Waals surface area contributed by atoms with Crippen LogP contribution in [0.2, 0.25) is 0 Å². The van der Waals surface area contributed by atoms with Gasteiger partial charge in [0.15, 0.2) is 5.96 Å². The maximum atomic E-state index is 11.9. The number of amides is 2. The highest BCUT2D eigenvalue weighted by molar-refractivity contribution is 14.0. The molecule has 0 radical (unpaired) electrons. The number of carbonyl (C=O) groups is 2. The first-order valence-electron chi connectivity index (χ1n) is 10.0. The van der Waals surface area contributed by atoms with Crippen LogP contribution in [0.5, 0.6) is 0 Å². The van der Waals surface area contributed by atoms with E-state index in [1.807, 2.05) is 12.1 Å². The molecule has 162 valence electrons. The monoisotopic (exact) mass is 515 g/mol. The zero-order chi connectivity index (χ0) is 20.5. The fourth-order valence-corrected chi connectivity index (χ4v) is 3.55. The van der Waals surface area contributed by atoms with Gasteiger partial charge in [-0.05, 0) is 55.2 Å². The maximum Gasteiger partial charge on any atom is 0.251 e. The molecule has 2 amide bonds. The summed E-state index contributed by atoms with van der Waals surface area (Å²) in [5, 5.41) is 9.33. The molecule has 2 rings (SSSR count). The second-order valence-electron chi connectivity index (χ2n) is 7.77. The smallest absolute Gasteiger partial charge is 0.251 e. The molecule has 0 spiro atoms. The fraction of sp³-hybridized carbons (Fsp3) is 0.571. The lowest BCUT2D eigenvalue weighted by molar-refractivity contribution is -0.117. The van der Waals surface area contributed by atoms with E-state index in [1.54, 1.807) is 19.2 Å². The Morgan fingerprint density at radius 2 is 1.72 bits per heavy atom. The van der Waals surface area contributed by atoms with Gasteiger partial charge in [-0.3, -0.25) is 14.6 Å². The van der Waals surface area contributed by atoms with Gasteiger partial charge in [0.2, 0.25) is 5.91 Å². The molecule has 1 saturated carbocycles. The number of guanidine groups is 1. The third-order valence-corrected chi connectivity index (χ3v) is 5.38.